The summed E-state index contributed by atoms with van der Waals surface area (Å²) in [4.78, 5) is 19.0. The number of amides is 2. The summed E-state index contributed by atoms with van der Waals surface area (Å²) in [5.74, 6) is 0.730. The van der Waals surface area contributed by atoms with Gasteiger partial charge in [0.05, 0.1) is 30.1 Å². The summed E-state index contributed by atoms with van der Waals surface area (Å²) in [6.45, 7) is 1.18. The summed E-state index contributed by atoms with van der Waals surface area (Å²) < 4.78 is 7.26. The van der Waals surface area contributed by atoms with Crippen molar-refractivity contribution in [2.45, 2.75) is 19.6 Å². The zero-order valence-corrected chi connectivity index (χ0v) is 15.8. The predicted octanol–water partition coefficient (Wildman–Crippen LogP) is 4.49. The van der Waals surface area contributed by atoms with Crippen LogP contribution in [-0.4, -0.2) is 20.3 Å². The Hall–Kier alpha value is -3.25. The van der Waals surface area contributed by atoms with E-state index < -0.39 is 0 Å². The van der Waals surface area contributed by atoms with Gasteiger partial charge in [0.15, 0.2) is 0 Å². The zero-order valence-electron chi connectivity index (χ0n) is 15.1. The quantitative estimate of drug-likeness (QED) is 0.524. The normalized spacial score (nSPS) is 10.9. The number of hydrogen-bond donors (Lipinski definition) is 1. The average Bonchev–Trinajstić information content (AvgIpc) is 3.35. The van der Waals surface area contributed by atoms with Crippen LogP contribution in [0.3, 0.4) is 0 Å². The molecule has 2 amide bonds. The second-order valence-electron chi connectivity index (χ2n) is 6.42. The minimum atomic E-state index is -0.185. The van der Waals surface area contributed by atoms with Crippen LogP contribution in [-0.2, 0) is 19.6 Å². The number of nitrogens with zero attached hydrogens (tertiary/aromatic N) is 3. The van der Waals surface area contributed by atoms with E-state index >= 15 is 0 Å². The highest BCUT2D eigenvalue weighted by Gasteiger charge is 2.16. The Morgan fingerprint density at radius 1 is 1.07 bits per heavy atom. The Labute approximate surface area is 167 Å². The molecule has 4 rings (SSSR count). The minimum Gasteiger partial charge on any atom is -0.467 e. The van der Waals surface area contributed by atoms with Crippen LogP contribution in [0.2, 0.25) is 5.02 Å². The molecule has 0 unspecified atom stereocenters. The molecule has 7 heteroatoms. The summed E-state index contributed by atoms with van der Waals surface area (Å²) in [6.07, 6.45) is 5.25. The van der Waals surface area contributed by atoms with Crippen molar-refractivity contribution < 1.29 is 9.21 Å². The first-order valence-corrected chi connectivity index (χ1v) is 9.27. The maximum Gasteiger partial charge on any atom is 0.318 e. The number of imidazole rings is 1. The molecule has 0 atom stereocenters. The molecule has 0 fully saturated rings. The van der Waals surface area contributed by atoms with E-state index in [4.69, 9.17) is 16.0 Å². The molecule has 142 valence electrons. The van der Waals surface area contributed by atoms with Gasteiger partial charge in [-0.05, 0) is 29.8 Å². The lowest BCUT2D eigenvalue weighted by atomic mass is 10.2. The van der Waals surface area contributed by atoms with Crippen LogP contribution in [0.4, 0.5) is 4.79 Å². The van der Waals surface area contributed by atoms with Gasteiger partial charge in [-0.15, -0.1) is 0 Å². The Balaban J connectivity index is 1.46. The van der Waals surface area contributed by atoms with Crippen LogP contribution in [0.5, 0.6) is 0 Å². The zero-order chi connectivity index (χ0) is 19.3. The van der Waals surface area contributed by atoms with Crippen molar-refractivity contribution in [3.8, 4) is 0 Å². The molecule has 0 saturated carbocycles. The van der Waals surface area contributed by atoms with E-state index in [1.807, 2.05) is 59.1 Å². The molecular weight excluding hydrogens is 376 g/mol. The largest absolute Gasteiger partial charge is 0.467 e. The van der Waals surface area contributed by atoms with Gasteiger partial charge in [0.1, 0.15) is 11.4 Å². The van der Waals surface area contributed by atoms with Gasteiger partial charge in [0.25, 0.3) is 0 Å². The minimum absolute atomic E-state index is 0.185. The predicted molar refractivity (Wildman–Crippen MR) is 107 cm³/mol. The molecule has 3 aromatic heterocycles. The lowest BCUT2D eigenvalue weighted by molar-refractivity contribution is 0.186. The van der Waals surface area contributed by atoms with Gasteiger partial charge in [0.2, 0.25) is 0 Å². The van der Waals surface area contributed by atoms with Gasteiger partial charge in [-0.2, -0.15) is 0 Å². The smallest absolute Gasteiger partial charge is 0.318 e. The van der Waals surface area contributed by atoms with E-state index in [-0.39, 0.29) is 6.03 Å². The molecular formula is C21H19ClN4O2. The van der Waals surface area contributed by atoms with Crippen LogP contribution < -0.4 is 5.32 Å². The number of carbonyl (C=O) groups is 1. The number of furan rings is 1. The van der Waals surface area contributed by atoms with Crippen LogP contribution in [0.1, 0.15) is 17.0 Å². The number of halogens is 1. The summed E-state index contributed by atoms with van der Waals surface area (Å²) in [7, 11) is 0. The van der Waals surface area contributed by atoms with Crippen LogP contribution in [0.25, 0.3) is 5.65 Å². The van der Waals surface area contributed by atoms with E-state index in [9.17, 15) is 4.79 Å². The highest BCUT2D eigenvalue weighted by atomic mass is 35.5. The number of benzene rings is 1. The number of pyridine rings is 1. The number of carbonyl (C=O) groups excluding carboxylic acids is 1. The molecule has 1 N–H and O–H groups in total. The SMILES string of the molecule is O=C(NCc1cn2cc(Cl)ccc2n1)N(Cc1ccccc1)Cc1ccco1. The first-order chi connectivity index (χ1) is 13.7. The van der Waals surface area contributed by atoms with E-state index in [0.717, 1.165) is 22.7 Å². The monoisotopic (exact) mass is 394 g/mol. The van der Waals surface area contributed by atoms with Gasteiger partial charge in [-0.1, -0.05) is 41.9 Å². The molecule has 1 aromatic carbocycles. The summed E-state index contributed by atoms with van der Waals surface area (Å²) in [6, 6.07) is 17.0. The number of urea groups is 1. The van der Waals surface area contributed by atoms with E-state index in [1.165, 1.54) is 0 Å². The van der Waals surface area contributed by atoms with E-state index in [2.05, 4.69) is 10.3 Å². The first-order valence-electron chi connectivity index (χ1n) is 8.89. The topological polar surface area (TPSA) is 62.8 Å². The highest BCUT2D eigenvalue weighted by molar-refractivity contribution is 6.30. The molecule has 28 heavy (non-hydrogen) atoms. The lowest BCUT2D eigenvalue weighted by Gasteiger charge is -2.22. The second kappa shape index (κ2) is 8.19. The number of aromatic nitrogens is 2. The third-order valence-corrected chi connectivity index (χ3v) is 4.54. The van der Waals surface area contributed by atoms with Gasteiger partial charge in [-0.3, -0.25) is 0 Å². The molecule has 0 aliphatic heterocycles. The standard InChI is InChI=1S/C21H19ClN4O2/c22-17-8-9-20-24-18(14-25(20)13-17)11-23-21(27)26(15-19-7-4-10-28-19)12-16-5-2-1-3-6-16/h1-10,13-14H,11-12,15H2,(H,23,27). The first kappa shape index (κ1) is 18.1. The highest BCUT2D eigenvalue weighted by Crippen LogP contribution is 2.13. The molecule has 0 spiro atoms. The number of rotatable bonds is 6. The van der Waals surface area contributed by atoms with Crippen molar-refractivity contribution in [3.63, 3.8) is 0 Å². The van der Waals surface area contributed by atoms with Crippen molar-refractivity contribution in [2.24, 2.45) is 0 Å². The number of nitrogens with one attached hydrogen (secondary N) is 1. The summed E-state index contributed by atoms with van der Waals surface area (Å²) >= 11 is 6.01. The Kier molecular flexibility index (Phi) is 5.30. The van der Waals surface area contributed by atoms with Gasteiger partial charge in [0, 0.05) is 18.9 Å². The van der Waals surface area contributed by atoms with Gasteiger partial charge in [-0.25, -0.2) is 9.78 Å². The Morgan fingerprint density at radius 2 is 1.93 bits per heavy atom. The van der Waals surface area contributed by atoms with Crippen LogP contribution in [0.15, 0.2) is 77.7 Å². The Morgan fingerprint density at radius 3 is 2.71 bits per heavy atom. The van der Waals surface area contributed by atoms with Crippen LogP contribution in [0, 0.1) is 0 Å². The van der Waals surface area contributed by atoms with Crippen molar-refractivity contribution in [3.05, 3.63) is 95.3 Å². The fourth-order valence-corrected chi connectivity index (χ4v) is 3.14. The lowest BCUT2D eigenvalue weighted by Crippen LogP contribution is -2.38. The van der Waals surface area contributed by atoms with E-state index in [1.54, 1.807) is 23.4 Å². The molecule has 3 heterocycles. The molecule has 0 bridgehead atoms. The van der Waals surface area contributed by atoms with Crippen molar-refractivity contribution in [2.75, 3.05) is 0 Å². The van der Waals surface area contributed by atoms with E-state index in [0.29, 0.717) is 24.7 Å². The second-order valence-corrected chi connectivity index (χ2v) is 6.86. The van der Waals surface area contributed by atoms with Crippen LogP contribution >= 0.6 is 11.6 Å². The van der Waals surface area contributed by atoms with Crippen molar-refractivity contribution >= 4 is 23.3 Å². The summed E-state index contributed by atoms with van der Waals surface area (Å²) in [5.41, 5.74) is 2.59. The fraction of sp³-hybridized carbons (Fsp3) is 0.143. The maximum absolute atomic E-state index is 12.8. The molecule has 0 aliphatic rings. The fourth-order valence-electron chi connectivity index (χ4n) is 2.97. The molecule has 6 nitrogen and oxygen atoms in total. The molecule has 0 radical (unpaired) electrons. The third kappa shape index (κ3) is 4.35. The maximum atomic E-state index is 12.8. The molecule has 0 aliphatic carbocycles. The third-order valence-electron chi connectivity index (χ3n) is 4.32. The number of hydrogen-bond acceptors (Lipinski definition) is 3. The average molecular weight is 395 g/mol. The molecule has 0 saturated heterocycles. The van der Waals surface area contributed by atoms with Gasteiger partial charge >= 0.3 is 6.03 Å². The van der Waals surface area contributed by atoms with Crippen molar-refractivity contribution in [1.82, 2.24) is 19.6 Å². The Bertz CT molecular complexity index is 1060. The van der Waals surface area contributed by atoms with Crippen molar-refractivity contribution in [1.29, 1.82) is 0 Å². The summed E-state index contributed by atoms with van der Waals surface area (Å²) in [5, 5.41) is 3.58. The number of fused-ring (bicyclic) bond motifs is 1. The molecule has 4 aromatic rings. The van der Waals surface area contributed by atoms with Gasteiger partial charge < -0.3 is 19.0 Å².